The van der Waals surface area contributed by atoms with Crippen molar-refractivity contribution in [2.24, 2.45) is 0 Å². The Balaban J connectivity index is 1.51. The minimum absolute atomic E-state index is 0.168. The van der Waals surface area contributed by atoms with Crippen LogP contribution < -0.4 is 0 Å². The van der Waals surface area contributed by atoms with Gasteiger partial charge in [0.05, 0.1) is 6.10 Å². The van der Waals surface area contributed by atoms with Gasteiger partial charge in [-0.05, 0) is 32.9 Å². The summed E-state index contributed by atoms with van der Waals surface area (Å²) in [6.45, 7) is 8.13. The van der Waals surface area contributed by atoms with Gasteiger partial charge in [-0.2, -0.15) is 5.10 Å². The molecule has 0 saturated carbocycles. The van der Waals surface area contributed by atoms with E-state index in [-0.39, 0.29) is 18.1 Å². The van der Waals surface area contributed by atoms with Gasteiger partial charge in [0.25, 0.3) is 0 Å². The lowest BCUT2D eigenvalue weighted by Gasteiger charge is -2.39. The Morgan fingerprint density at radius 3 is 2.60 bits per heavy atom. The van der Waals surface area contributed by atoms with E-state index >= 15 is 0 Å². The highest BCUT2D eigenvalue weighted by Gasteiger charge is 2.32. The van der Waals surface area contributed by atoms with Gasteiger partial charge in [0.2, 0.25) is 5.91 Å². The van der Waals surface area contributed by atoms with Crippen molar-refractivity contribution >= 4 is 5.91 Å². The molecule has 1 N–H and O–H groups in total. The number of aliphatic hydroxyl groups excluding tert-OH is 1. The van der Waals surface area contributed by atoms with Crippen LogP contribution in [0.3, 0.4) is 0 Å². The highest BCUT2D eigenvalue weighted by Crippen LogP contribution is 2.19. The van der Waals surface area contributed by atoms with Crippen LogP contribution in [0.1, 0.15) is 25.0 Å². The molecule has 1 aromatic rings. The van der Waals surface area contributed by atoms with E-state index in [0.717, 1.165) is 44.8 Å². The van der Waals surface area contributed by atoms with Crippen molar-refractivity contribution in [3.05, 3.63) is 18.0 Å². The molecule has 0 spiro atoms. The van der Waals surface area contributed by atoms with Crippen molar-refractivity contribution in [1.29, 1.82) is 0 Å². The number of carbonyl (C=O) groups is 1. The highest BCUT2D eigenvalue weighted by atomic mass is 16.3. The zero-order chi connectivity index (χ0) is 17.8. The fraction of sp³-hybridized carbons (Fsp3) is 0.778. The van der Waals surface area contributed by atoms with Gasteiger partial charge in [0.15, 0.2) is 0 Å². The predicted octanol–water partition coefficient (Wildman–Crippen LogP) is 0.181. The Bertz CT molecular complexity index is 568. The van der Waals surface area contributed by atoms with Crippen LogP contribution in [0.5, 0.6) is 0 Å². The average molecular weight is 349 g/mol. The van der Waals surface area contributed by atoms with Crippen molar-refractivity contribution < 1.29 is 9.90 Å². The normalized spacial score (nSPS) is 26.6. The number of likely N-dealkylation sites (tertiary alicyclic amines) is 1. The van der Waals surface area contributed by atoms with E-state index in [1.165, 1.54) is 0 Å². The highest BCUT2D eigenvalue weighted by molar-refractivity contribution is 5.76. The van der Waals surface area contributed by atoms with Crippen molar-refractivity contribution in [1.82, 2.24) is 24.5 Å². The Labute approximate surface area is 150 Å². The van der Waals surface area contributed by atoms with Gasteiger partial charge in [0, 0.05) is 70.2 Å². The smallest absolute Gasteiger partial charge is 0.224 e. The summed E-state index contributed by atoms with van der Waals surface area (Å²) in [4.78, 5) is 19.2. The number of rotatable bonds is 4. The van der Waals surface area contributed by atoms with Crippen LogP contribution >= 0.6 is 0 Å². The van der Waals surface area contributed by atoms with E-state index in [0.29, 0.717) is 25.9 Å². The van der Waals surface area contributed by atoms with Gasteiger partial charge >= 0.3 is 0 Å². The summed E-state index contributed by atoms with van der Waals surface area (Å²) < 4.78 is 1.87. The average Bonchev–Trinajstić information content (AvgIpc) is 2.91. The van der Waals surface area contributed by atoms with E-state index in [9.17, 15) is 9.90 Å². The second kappa shape index (κ2) is 8.29. The number of hydrogen-bond donors (Lipinski definition) is 1. The van der Waals surface area contributed by atoms with Crippen molar-refractivity contribution in [2.75, 3.05) is 46.3 Å². The molecule has 2 atom stereocenters. The van der Waals surface area contributed by atoms with E-state index in [4.69, 9.17) is 0 Å². The standard InChI is InChI=1S/C18H31N5O2/c1-15-3-7-19-23(15)10-6-18(25)22-8-4-16(17(24)5-9-22)21-13-11-20(2)12-14-21/h3,7,16-17,24H,4-6,8-14H2,1-2H3/t16-,17-/m0/s1. The van der Waals surface area contributed by atoms with Crippen LogP contribution in [-0.2, 0) is 11.3 Å². The summed E-state index contributed by atoms with van der Waals surface area (Å²) in [5, 5.41) is 14.8. The number of likely N-dealkylation sites (N-methyl/N-ethyl adjacent to an activating group) is 1. The predicted molar refractivity (Wildman–Crippen MR) is 96.3 cm³/mol. The minimum Gasteiger partial charge on any atom is -0.391 e. The lowest BCUT2D eigenvalue weighted by molar-refractivity contribution is -0.131. The summed E-state index contributed by atoms with van der Waals surface area (Å²) in [5.74, 6) is 0.168. The topological polar surface area (TPSA) is 64.8 Å². The molecule has 2 aliphatic heterocycles. The molecule has 3 heterocycles. The van der Waals surface area contributed by atoms with Crippen LogP contribution in [0.2, 0.25) is 0 Å². The van der Waals surface area contributed by atoms with Crippen molar-refractivity contribution in [3.8, 4) is 0 Å². The number of amides is 1. The van der Waals surface area contributed by atoms with Gasteiger partial charge in [-0.15, -0.1) is 0 Å². The second-order valence-corrected chi connectivity index (χ2v) is 7.38. The number of aliphatic hydroxyl groups is 1. The molecule has 1 aromatic heterocycles. The molecular weight excluding hydrogens is 318 g/mol. The molecule has 7 nitrogen and oxygen atoms in total. The molecule has 3 rings (SSSR count). The largest absolute Gasteiger partial charge is 0.391 e. The van der Waals surface area contributed by atoms with Crippen LogP contribution in [0.15, 0.2) is 12.3 Å². The molecule has 0 unspecified atom stereocenters. The molecule has 7 heteroatoms. The van der Waals surface area contributed by atoms with Gasteiger partial charge in [-0.3, -0.25) is 14.4 Å². The molecular formula is C18H31N5O2. The maximum absolute atomic E-state index is 12.6. The zero-order valence-electron chi connectivity index (χ0n) is 15.5. The van der Waals surface area contributed by atoms with Crippen molar-refractivity contribution in [2.45, 2.75) is 44.9 Å². The zero-order valence-corrected chi connectivity index (χ0v) is 15.5. The SMILES string of the molecule is Cc1ccnn1CCC(=O)N1CC[C@H](O)[C@@H](N2CCN(C)CC2)CC1. The summed E-state index contributed by atoms with van der Waals surface area (Å²) in [6, 6.07) is 2.13. The lowest BCUT2D eigenvalue weighted by atomic mass is 10.0. The number of aromatic nitrogens is 2. The number of hydrogen-bond acceptors (Lipinski definition) is 5. The van der Waals surface area contributed by atoms with Crippen LogP contribution in [0.25, 0.3) is 0 Å². The van der Waals surface area contributed by atoms with Crippen LogP contribution in [-0.4, -0.2) is 94.0 Å². The Hall–Kier alpha value is -1.44. The fourth-order valence-corrected chi connectivity index (χ4v) is 3.89. The monoisotopic (exact) mass is 349 g/mol. The third kappa shape index (κ3) is 4.59. The fourth-order valence-electron chi connectivity index (χ4n) is 3.89. The number of piperazine rings is 1. The lowest BCUT2D eigenvalue weighted by Crippen LogP contribution is -2.52. The van der Waals surface area contributed by atoms with E-state index < -0.39 is 0 Å². The minimum atomic E-state index is -0.338. The summed E-state index contributed by atoms with van der Waals surface area (Å²) in [6.07, 6.45) is 3.43. The molecule has 25 heavy (non-hydrogen) atoms. The van der Waals surface area contributed by atoms with Crippen LogP contribution in [0, 0.1) is 6.92 Å². The van der Waals surface area contributed by atoms with Gasteiger partial charge < -0.3 is 14.9 Å². The molecule has 0 aromatic carbocycles. The van der Waals surface area contributed by atoms with E-state index in [2.05, 4.69) is 21.9 Å². The summed E-state index contributed by atoms with van der Waals surface area (Å²) in [7, 11) is 2.14. The second-order valence-electron chi connectivity index (χ2n) is 7.38. The van der Waals surface area contributed by atoms with E-state index in [1.807, 2.05) is 22.6 Å². The Kier molecular flexibility index (Phi) is 6.09. The first kappa shape index (κ1) is 18.4. The molecule has 0 bridgehead atoms. The molecule has 1 amide bonds. The summed E-state index contributed by atoms with van der Waals surface area (Å²) >= 11 is 0. The van der Waals surface area contributed by atoms with Gasteiger partial charge in [-0.25, -0.2) is 0 Å². The van der Waals surface area contributed by atoms with Gasteiger partial charge in [-0.1, -0.05) is 0 Å². The van der Waals surface area contributed by atoms with E-state index in [1.54, 1.807) is 6.20 Å². The molecule has 0 aliphatic carbocycles. The molecule has 140 valence electrons. The molecule has 0 radical (unpaired) electrons. The third-order valence-corrected chi connectivity index (χ3v) is 5.66. The first-order valence-corrected chi connectivity index (χ1v) is 9.41. The summed E-state index contributed by atoms with van der Waals surface area (Å²) in [5.41, 5.74) is 1.08. The Morgan fingerprint density at radius 1 is 1.20 bits per heavy atom. The van der Waals surface area contributed by atoms with Crippen molar-refractivity contribution in [3.63, 3.8) is 0 Å². The first-order chi connectivity index (χ1) is 12.0. The molecule has 2 saturated heterocycles. The Morgan fingerprint density at radius 2 is 1.92 bits per heavy atom. The maximum Gasteiger partial charge on any atom is 0.224 e. The third-order valence-electron chi connectivity index (χ3n) is 5.66. The van der Waals surface area contributed by atoms with Crippen LogP contribution in [0.4, 0.5) is 0 Å². The number of carbonyl (C=O) groups excluding carboxylic acids is 1. The quantitative estimate of drug-likeness (QED) is 0.840. The van der Waals surface area contributed by atoms with Gasteiger partial charge in [0.1, 0.15) is 0 Å². The molecule has 2 fully saturated rings. The molecule has 2 aliphatic rings. The maximum atomic E-state index is 12.6. The first-order valence-electron chi connectivity index (χ1n) is 9.41. The number of nitrogens with zero attached hydrogens (tertiary/aromatic N) is 5. The number of aryl methyl sites for hydroxylation is 2.